The highest BCUT2D eigenvalue weighted by atomic mass is 35.5. The molecule has 0 aliphatic carbocycles. The first-order chi connectivity index (χ1) is 15.3. The van der Waals surface area contributed by atoms with Crippen LogP contribution >= 0.6 is 11.6 Å². The Labute approximate surface area is 191 Å². The molecule has 9 heteroatoms. The van der Waals surface area contributed by atoms with Gasteiger partial charge in [-0.05, 0) is 35.9 Å². The summed E-state index contributed by atoms with van der Waals surface area (Å²) < 4.78 is 25.3. The molecule has 0 amide bonds. The molecular weight excluding hydrogens is 448 g/mol. The predicted molar refractivity (Wildman–Crippen MR) is 132 cm³/mol. The van der Waals surface area contributed by atoms with Crippen LogP contribution in [0.1, 0.15) is 11.7 Å². The Morgan fingerprint density at radius 3 is 2.59 bits per heavy atom. The van der Waals surface area contributed by atoms with E-state index in [0.29, 0.717) is 25.2 Å². The SMILES string of the molecule is CS(=O)(=O)Nc1cc(C(O)CNCCNc2ccc3c(c2)[nH]c2ccccc23)ccc1Cl. The number of rotatable bonds is 9. The fraction of sp³-hybridized carbons (Fsp3) is 0.217. The van der Waals surface area contributed by atoms with Gasteiger partial charge in [-0.3, -0.25) is 4.72 Å². The summed E-state index contributed by atoms with van der Waals surface area (Å²) in [4.78, 5) is 3.43. The van der Waals surface area contributed by atoms with Crippen molar-refractivity contribution in [1.29, 1.82) is 0 Å². The van der Waals surface area contributed by atoms with E-state index in [9.17, 15) is 13.5 Å². The molecule has 0 aliphatic heterocycles. The number of H-pyrrole nitrogens is 1. The van der Waals surface area contributed by atoms with Gasteiger partial charge in [-0.2, -0.15) is 0 Å². The van der Waals surface area contributed by atoms with E-state index in [1.807, 2.05) is 12.1 Å². The maximum Gasteiger partial charge on any atom is 0.229 e. The zero-order valence-corrected chi connectivity index (χ0v) is 19.1. The van der Waals surface area contributed by atoms with Gasteiger partial charge in [-0.1, -0.05) is 41.9 Å². The molecule has 4 rings (SSSR count). The topological polar surface area (TPSA) is 106 Å². The quantitative estimate of drug-likeness (QED) is 0.236. The molecule has 1 unspecified atom stereocenters. The smallest absolute Gasteiger partial charge is 0.229 e. The zero-order valence-electron chi connectivity index (χ0n) is 17.5. The monoisotopic (exact) mass is 472 g/mol. The van der Waals surface area contributed by atoms with Crippen LogP contribution in [0, 0.1) is 0 Å². The Kier molecular flexibility index (Phi) is 6.57. The number of fused-ring (bicyclic) bond motifs is 3. The van der Waals surface area contributed by atoms with Crippen molar-refractivity contribution in [3.8, 4) is 0 Å². The number of aliphatic hydroxyl groups excluding tert-OH is 1. The molecule has 0 aliphatic rings. The average molecular weight is 473 g/mol. The van der Waals surface area contributed by atoms with Gasteiger partial charge in [0.1, 0.15) is 0 Å². The zero-order chi connectivity index (χ0) is 22.7. The van der Waals surface area contributed by atoms with E-state index < -0.39 is 16.1 Å². The first-order valence-electron chi connectivity index (χ1n) is 10.2. The third-order valence-corrected chi connectivity index (χ3v) is 6.07. The molecule has 32 heavy (non-hydrogen) atoms. The van der Waals surface area contributed by atoms with Crippen LogP contribution in [0.4, 0.5) is 11.4 Å². The molecule has 0 radical (unpaired) electrons. The molecule has 0 spiro atoms. The van der Waals surface area contributed by atoms with E-state index in [1.165, 1.54) is 10.8 Å². The Morgan fingerprint density at radius 1 is 1.00 bits per heavy atom. The molecule has 4 aromatic rings. The summed E-state index contributed by atoms with van der Waals surface area (Å²) in [5.74, 6) is 0. The van der Waals surface area contributed by atoms with Crippen molar-refractivity contribution in [2.75, 3.05) is 35.9 Å². The lowest BCUT2D eigenvalue weighted by atomic mass is 10.1. The van der Waals surface area contributed by atoms with Crippen molar-refractivity contribution in [2.45, 2.75) is 6.10 Å². The van der Waals surface area contributed by atoms with Crippen LogP contribution < -0.4 is 15.4 Å². The first-order valence-corrected chi connectivity index (χ1v) is 12.5. The maximum absolute atomic E-state index is 11.5. The number of sulfonamides is 1. The van der Waals surface area contributed by atoms with Crippen LogP contribution in [0.25, 0.3) is 21.8 Å². The number of aromatic amines is 1. The number of hydrogen-bond donors (Lipinski definition) is 5. The van der Waals surface area contributed by atoms with Crippen LogP contribution in [0.15, 0.2) is 60.7 Å². The molecule has 0 fully saturated rings. The van der Waals surface area contributed by atoms with E-state index in [-0.39, 0.29) is 10.7 Å². The van der Waals surface area contributed by atoms with E-state index in [4.69, 9.17) is 11.6 Å². The van der Waals surface area contributed by atoms with Gasteiger partial charge in [0.2, 0.25) is 10.0 Å². The number of anilines is 2. The molecule has 1 aromatic heterocycles. The van der Waals surface area contributed by atoms with Crippen LogP contribution in [-0.4, -0.2) is 44.4 Å². The van der Waals surface area contributed by atoms with Crippen molar-refractivity contribution < 1.29 is 13.5 Å². The van der Waals surface area contributed by atoms with E-state index in [2.05, 4.69) is 50.7 Å². The maximum atomic E-state index is 11.5. The lowest BCUT2D eigenvalue weighted by Crippen LogP contribution is -2.27. The fourth-order valence-electron chi connectivity index (χ4n) is 3.64. The number of aliphatic hydroxyl groups is 1. The second-order valence-corrected chi connectivity index (χ2v) is 9.85. The first kappa shape index (κ1) is 22.4. The number of hydrogen-bond acceptors (Lipinski definition) is 5. The Bertz CT molecular complexity index is 1350. The second kappa shape index (κ2) is 9.38. The Morgan fingerprint density at radius 2 is 1.78 bits per heavy atom. The molecule has 0 bridgehead atoms. The third-order valence-electron chi connectivity index (χ3n) is 5.15. The number of aromatic nitrogens is 1. The number of benzene rings is 3. The lowest BCUT2D eigenvalue weighted by molar-refractivity contribution is 0.175. The number of nitrogens with one attached hydrogen (secondary N) is 4. The largest absolute Gasteiger partial charge is 0.387 e. The summed E-state index contributed by atoms with van der Waals surface area (Å²) in [6.07, 6.45) is 0.256. The Balaban J connectivity index is 1.29. The van der Waals surface area contributed by atoms with Gasteiger partial charge in [0.15, 0.2) is 0 Å². The van der Waals surface area contributed by atoms with E-state index in [1.54, 1.807) is 18.2 Å². The van der Waals surface area contributed by atoms with Crippen molar-refractivity contribution in [2.24, 2.45) is 0 Å². The molecule has 7 nitrogen and oxygen atoms in total. The molecule has 3 aromatic carbocycles. The van der Waals surface area contributed by atoms with Gasteiger partial charge in [0.25, 0.3) is 0 Å². The van der Waals surface area contributed by atoms with E-state index >= 15 is 0 Å². The summed E-state index contributed by atoms with van der Waals surface area (Å²) in [5, 5.41) is 19.7. The second-order valence-electron chi connectivity index (χ2n) is 7.69. The summed E-state index contributed by atoms with van der Waals surface area (Å²) in [7, 11) is -3.46. The van der Waals surface area contributed by atoms with Gasteiger partial charge in [-0.15, -0.1) is 0 Å². The fourth-order valence-corrected chi connectivity index (χ4v) is 4.43. The van der Waals surface area contributed by atoms with Gasteiger partial charge in [0, 0.05) is 47.1 Å². The highest BCUT2D eigenvalue weighted by Gasteiger charge is 2.12. The van der Waals surface area contributed by atoms with Crippen LogP contribution in [0.3, 0.4) is 0 Å². The Hall–Kier alpha value is -2.78. The minimum absolute atomic E-state index is 0.250. The summed E-state index contributed by atoms with van der Waals surface area (Å²) in [6.45, 7) is 1.65. The highest BCUT2D eigenvalue weighted by molar-refractivity contribution is 7.92. The lowest BCUT2D eigenvalue weighted by Gasteiger charge is -2.15. The van der Waals surface area contributed by atoms with Crippen molar-refractivity contribution in [1.82, 2.24) is 10.3 Å². The van der Waals surface area contributed by atoms with Crippen LogP contribution in [0.2, 0.25) is 5.02 Å². The molecule has 0 saturated carbocycles. The van der Waals surface area contributed by atoms with Crippen molar-refractivity contribution >= 4 is 54.8 Å². The average Bonchev–Trinajstić information content (AvgIpc) is 3.11. The summed E-state index contributed by atoms with van der Waals surface area (Å²) >= 11 is 6.04. The molecule has 1 heterocycles. The van der Waals surface area contributed by atoms with Crippen molar-refractivity contribution in [3.05, 3.63) is 71.2 Å². The molecule has 0 saturated heterocycles. The molecule has 168 valence electrons. The highest BCUT2D eigenvalue weighted by Crippen LogP contribution is 2.28. The normalized spacial score (nSPS) is 12.8. The van der Waals surface area contributed by atoms with Crippen LogP contribution in [0.5, 0.6) is 0 Å². The molecule has 5 N–H and O–H groups in total. The predicted octanol–water partition coefficient (Wildman–Crippen LogP) is 4.08. The summed E-state index contributed by atoms with van der Waals surface area (Å²) in [5.41, 5.74) is 4.04. The summed E-state index contributed by atoms with van der Waals surface area (Å²) in [6, 6.07) is 19.3. The van der Waals surface area contributed by atoms with Crippen LogP contribution in [-0.2, 0) is 10.0 Å². The minimum atomic E-state index is -3.46. The number of halogens is 1. The molecular formula is C23H25ClN4O3S. The molecule has 1 atom stereocenters. The van der Waals surface area contributed by atoms with Gasteiger partial charge in [0.05, 0.1) is 23.1 Å². The van der Waals surface area contributed by atoms with Gasteiger partial charge < -0.3 is 20.7 Å². The van der Waals surface area contributed by atoms with E-state index in [0.717, 1.165) is 23.0 Å². The van der Waals surface area contributed by atoms with Crippen molar-refractivity contribution in [3.63, 3.8) is 0 Å². The number of para-hydroxylation sites is 1. The standard InChI is InChI=1S/C23H25ClN4O3S/c1-32(30,31)28-22-12-15(6-9-19(22)24)23(29)14-25-10-11-26-16-7-8-18-17-4-2-3-5-20(17)27-21(18)13-16/h2-9,12-13,23,25-29H,10-11,14H2,1H3. The minimum Gasteiger partial charge on any atom is -0.387 e. The van der Waals surface area contributed by atoms with Gasteiger partial charge >= 0.3 is 0 Å². The van der Waals surface area contributed by atoms with Gasteiger partial charge in [-0.25, -0.2) is 8.42 Å². The third kappa shape index (κ3) is 5.34.